The summed E-state index contributed by atoms with van der Waals surface area (Å²) < 4.78 is 5.33. The molecule has 0 radical (unpaired) electrons. The van der Waals surface area contributed by atoms with Gasteiger partial charge in [0.15, 0.2) is 0 Å². The summed E-state index contributed by atoms with van der Waals surface area (Å²) >= 11 is 5.81. The number of benzene rings is 1. The molecule has 2 heterocycles. The molecule has 1 fully saturated rings. The molecule has 0 saturated carbocycles. The molecule has 0 bridgehead atoms. The van der Waals surface area contributed by atoms with E-state index in [0.717, 1.165) is 32.0 Å². The van der Waals surface area contributed by atoms with Gasteiger partial charge in [-0.2, -0.15) is 0 Å². The lowest BCUT2D eigenvalue weighted by atomic mass is 10.2. The van der Waals surface area contributed by atoms with Crippen molar-refractivity contribution in [2.24, 2.45) is 0 Å². The van der Waals surface area contributed by atoms with Crippen LogP contribution in [0.3, 0.4) is 0 Å². The summed E-state index contributed by atoms with van der Waals surface area (Å²) in [4.78, 5) is 18.6. The van der Waals surface area contributed by atoms with Gasteiger partial charge in [0.2, 0.25) is 0 Å². The number of nitrogens with one attached hydrogen (secondary N) is 1. The van der Waals surface area contributed by atoms with E-state index in [0.29, 0.717) is 16.4 Å². The van der Waals surface area contributed by atoms with Crippen molar-refractivity contribution in [1.82, 2.24) is 4.98 Å². The average Bonchev–Trinajstić information content (AvgIpc) is 2.57. The van der Waals surface area contributed by atoms with Gasteiger partial charge in [-0.25, -0.2) is 4.98 Å². The zero-order chi connectivity index (χ0) is 15.4. The van der Waals surface area contributed by atoms with Crippen LogP contribution < -0.4 is 10.2 Å². The molecule has 3 rings (SSSR count). The highest BCUT2D eigenvalue weighted by atomic mass is 35.5. The molecular weight excluding hydrogens is 302 g/mol. The first-order valence-corrected chi connectivity index (χ1v) is 7.46. The van der Waals surface area contributed by atoms with Gasteiger partial charge in [0.1, 0.15) is 5.82 Å². The largest absolute Gasteiger partial charge is 0.378 e. The first kappa shape index (κ1) is 14.8. The van der Waals surface area contributed by atoms with E-state index in [4.69, 9.17) is 16.3 Å². The molecule has 1 aliphatic rings. The lowest BCUT2D eigenvalue weighted by Crippen LogP contribution is -2.36. The Morgan fingerprint density at radius 3 is 2.50 bits per heavy atom. The molecule has 1 amide bonds. The van der Waals surface area contributed by atoms with Crippen molar-refractivity contribution < 1.29 is 9.53 Å². The number of nitrogens with zero attached hydrogens (tertiary/aromatic N) is 2. The second kappa shape index (κ2) is 6.77. The number of halogens is 1. The van der Waals surface area contributed by atoms with Crippen LogP contribution in [-0.4, -0.2) is 37.2 Å². The highest BCUT2D eigenvalue weighted by molar-refractivity contribution is 6.30. The first-order chi connectivity index (χ1) is 10.7. The third kappa shape index (κ3) is 3.55. The fourth-order valence-electron chi connectivity index (χ4n) is 2.26. The van der Waals surface area contributed by atoms with Crippen LogP contribution in [0.4, 0.5) is 11.5 Å². The lowest BCUT2D eigenvalue weighted by Gasteiger charge is -2.28. The molecule has 1 aromatic heterocycles. The van der Waals surface area contributed by atoms with Gasteiger partial charge in [0.05, 0.1) is 25.1 Å². The van der Waals surface area contributed by atoms with Crippen molar-refractivity contribution in [2.45, 2.75) is 0 Å². The smallest absolute Gasteiger partial charge is 0.256 e. The standard InChI is InChI=1S/C16H16ClN3O2/c17-13-3-1-12(2-4-13)16(21)19-15-6-5-14(11-18-15)20-7-9-22-10-8-20/h1-6,11H,7-10H2,(H,18,19,21). The number of anilines is 2. The monoisotopic (exact) mass is 317 g/mol. The van der Waals surface area contributed by atoms with E-state index in [1.165, 1.54) is 0 Å². The SMILES string of the molecule is O=C(Nc1ccc(N2CCOCC2)cn1)c1ccc(Cl)cc1. The van der Waals surface area contributed by atoms with Crippen LogP contribution >= 0.6 is 11.6 Å². The van der Waals surface area contributed by atoms with Crippen molar-refractivity contribution in [2.75, 3.05) is 36.5 Å². The van der Waals surface area contributed by atoms with Crippen molar-refractivity contribution in [3.63, 3.8) is 0 Å². The molecule has 1 saturated heterocycles. The molecule has 22 heavy (non-hydrogen) atoms. The predicted molar refractivity (Wildman–Crippen MR) is 86.7 cm³/mol. The minimum absolute atomic E-state index is 0.205. The third-order valence-electron chi connectivity index (χ3n) is 3.47. The zero-order valence-electron chi connectivity index (χ0n) is 12.0. The van der Waals surface area contributed by atoms with Crippen LogP contribution in [0.25, 0.3) is 0 Å². The normalized spacial score (nSPS) is 14.7. The van der Waals surface area contributed by atoms with Gasteiger partial charge in [0, 0.05) is 23.7 Å². The van der Waals surface area contributed by atoms with E-state index in [2.05, 4.69) is 15.2 Å². The number of pyridine rings is 1. The lowest BCUT2D eigenvalue weighted by molar-refractivity contribution is 0.102. The van der Waals surface area contributed by atoms with Crippen LogP contribution in [0.5, 0.6) is 0 Å². The van der Waals surface area contributed by atoms with E-state index in [-0.39, 0.29) is 5.91 Å². The molecule has 0 atom stereocenters. The van der Waals surface area contributed by atoms with Gasteiger partial charge in [-0.1, -0.05) is 11.6 Å². The first-order valence-electron chi connectivity index (χ1n) is 7.08. The van der Waals surface area contributed by atoms with E-state index < -0.39 is 0 Å². The summed E-state index contributed by atoms with van der Waals surface area (Å²) in [5.74, 6) is 0.320. The molecule has 0 unspecified atom stereocenters. The fourth-order valence-corrected chi connectivity index (χ4v) is 2.38. The minimum Gasteiger partial charge on any atom is -0.378 e. The molecule has 6 heteroatoms. The number of ether oxygens (including phenoxy) is 1. The van der Waals surface area contributed by atoms with Crippen molar-refractivity contribution in [1.29, 1.82) is 0 Å². The molecule has 0 aliphatic carbocycles. The Balaban J connectivity index is 1.65. The van der Waals surface area contributed by atoms with Gasteiger partial charge in [-0.3, -0.25) is 4.79 Å². The van der Waals surface area contributed by atoms with E-state index in [1.807, 2.05) is 6.07 Å². The Kier molecular flexibility index (Phi) is 4.56. The summed E-state index contributed by atoms with van der Waals surface area (Å²) in [5, 5.41) is 3.37. The maximum Gasteiger partial charge on any atom is 0.256 e. The Labute approximate surface area is 133 Å². The summed E-state index contributed by atoms with van der Waals surface area (Å²) in [7, 11) is 0. The van der Waals surface area contributed by atoms with Gasteiger partial charge in [-0.15, -0.1) is 0 Å². The predicted octanol–water partition coefficient (Wildman–Crippen LogP) is 2.82. The third-order valence-corrected chi connectivity index (χ3v) is 3.72. The summed E-state index contributed by atoms with van der Waals surface area (Å²) in [6, 6.07) is 10.5. The average molecular weight is 318 g/mol. The highest BCUT2D eigenvalue weighted by Crippen LogP contribution is 2.17. The molecule has 1 N–H and O–H groups in total. The molecule has 114 valence electrons. The Bertz CT molecular complexity index is 637. The van der Waals surface area contributed by atoms with Crippen molar-refractivity contribution >= 4 is 29.0 Å². The number of hydrogen-bond acceptors (Lipinski definition) is 4. The van der Waals surface area contributed by atoms with Crippen LogP contribution in [0.2, 0.25) is 5.02 Å². The molecule has 0 spiro atoms. The van der Waals surface area contributed by atoms with Gasteiger partial charge in [-0.05, 0) is 36.4 Å². The Hall–Kier alpha value is -2.11. The van der Waals surface area contributed by atoms with Gasteiger partial charge < -0.3 is 15.0 Å². The van der Waals surface area contributed by atoms with Crippen LogP contribution in [0.1, 0.15) is 10.4 Å². The number of carbonyl (C=O) groups excluding carboxylic acids is 1. The van der Waals surface area contributed by atoms with Gasteiger partial charge in [0.25, 0.3) is 5.91 Å². The van der Waals surface area contributed by atoms with E-state index >= 15 is 0 Å². The topological polar surface area (TPSA) is 54.5 Å². The number of carbonyl (C=O) groups is 1. The minimum atomic E-state index is -0.205. The number of hydrogen-bond donors (Lipinski definition) is 1. The zero-order valence-corrected chi connectivity index (χ0v) is 12.7. The maximum atomic E-state index is 12.1. The molecule has 2 aromatic rings. The summed E-state index contributed by atoms with van der Waals surface area (Å²) in [6.45, 7) is 3.18. The van der Waals surface area contributed by atoms with Crippen LogP contribution in [0, 0.1) is 0 Å². The molecular formula is C16H16ClN3O2. The van der Waals surface area contributed by atoms with E-state index in [9.17, 15) is 4.79 Å². The van der Waals surface area contributed by atoms with Crippen molar-refractivity contribution in [3.05, 3.63) is 53.2 Å². The summed E-state index contributed by atoms with van der Waals surface area (Å²) in [6.07, 6.45) is 1.77. The Morgan fingerprint density at radius 2 is 1.86 bits per heavy atom. The fraction of sp³-hybridized carbons (Fsp3) is 0.250. The van der Waals surface area contributed by atoms with Crippen LogP contribution in [0.15, 0.2) is 42.6 Å². The molecule has 1 aliphatic heterocycles. The number of aromatic nitrogens is 1. The Morgan fingerprint density at radius 1 is 1.14 bits per heavy atom. The molecule has 5 nitrogen and oxygen atoms in total. The number of morpholine rings is 1. The summed E-state index contributed by atoms with van der Waals surface area (Å²) in [5.41, 5.74) is 1.58. The maximum absolute atomic E-state index is 12.1. The number of rotatable bonds is 3. The quantitative estimate of drug-likeness (QED) is 0.946. The van der Waals surface area contributed by atoms with Gasteiger partial charge >= 0.3 is 0 Å². The number of amides is 1. The van der Waals surface area contributed by atoms with Crippen molar-refractivity contribution in [3.8, 4) is 0 Å². The van der Waals surface area contributed by atoms with E-state index in [1.54, 1.807) is 36.5 Å². The second-order valence-corrected chi connectivity index (χ2v) is 5.40. The highest BCUT2D eigenvalue weighted by Gasteiger charge is 2.12. The van der Waals surface area contributed by atoms with Crippen LogP contribution in [-0.2, 0) is 4.74 Å². The second-order valence-electron chi connectivity index (χ2n) is 4.96. The molecule has 1 aromatic carbocycles.